The third-order valence-corrected chi connectivity index (χ3v) is 10.0. The molecule has 0 bridgehead atoms. The summed E-state index contributed by atoms with van der Waals surface area (Å²) in [6.07, 6.45) is 4.23. The average molecular weight is 600 g/mol. The van der Waals surface area contributed by atoms with Gasteiger partial charge in [0, 0.05) is 11.0 Å². The number of hydrogen-bond donors (Lipinski definition) is 0. The van der Waals surface area contributed by atoms with Gasteiger partial charge in [-0.25, -0.2) is 0 Å². The molecule has 1 heteroatoms. The van der Waals surface area contributed by atoms with E-state index in [-0.39, 0.29) is 5.41 Å². The molecule has 0 N–H and O–H groups in total. The summed E-state index contributed by atoms with van der Waals surface area (Å²) in [6, 6.07) is 55.6. The van der Waals surface area contributed by atoms with Crippen molar-refractivity contribution < 1.29 is 0 Å². The number of allylic oxidation sites excluding steroid dienone is 3. The molecule has 222 valence electrons. The highest BCUT2D eigenvalue weighted by Gasteiger charge is 2.42. The molecule has 0 aliphatic heterocycles. The average Bonchev–Trinajstić information content (AvgIpc) is 3.40. The normalized spacial score (nSPS) is 13.2. The van der Waals surface area contributed by atoms with Crippen LogP contribution in [0.3, 0.4) is 0 Å². The van der Waals surface area contributed by atoms with E-state index >= 15 is 0 Å². The molecule has 0 saturated carbocycles. The second-order valence-corrected chi connectivity index (χ2v) is 12.5. The third kappa shape index (κ3) is 4.53. The standard InChI is InChI=1S/C46H33N/c1-3-31(30-47)23-24-32-13-12-15-34(29-32)35-26-27-41(38-18-7-6-17-37(35)38)45-36-16-5-4-14-33(36)25-28-44(45)46(2)42-21-10-8-19-39(42)40-20-9-11-22-43(40)46/h3-23,25-29H,1,24H2,2H3/b31-23+. The quantitative estimate of drug-likeness (QED) is 0.138. The molecule has 0 atom stereocenters. The summed E-state index contributed by atoms with van der Waals surface area (Å²) in [5.74, 6) is 0. The van der Waals surface area contributed by atoms with Gasteiger partial charge in [-0.3, -0.25) is 0 Å². The predicted molar refractivity (Wildman–Crippen MR) is 197 cm³/mol. The second kappa shape index (κ2) is 11.4. The van der Waals surface area contributed by atoms with E-state index in [1.54, 1.807) is 6.08 Å². The molecule has 1 nitrogen and oxygen atoms in total. The lowest BCUT2D eigenvalue weighted by molar-refractivity contribution is 0.717. The monoisotopic (exact) mass is 599 g/mol. The molecule has 0 spiro atoms. The summed E-state index contributed by atoms with van der Waals surface area (Å²) >= 11 is 0. The summed E-state index contributed by atoms with van der Waals surface area (Å²) < 4.78 is 0. The Hall–Kier alpha value is -5.97. The fraction of sp³-hybridized carbons (Fsp3) is 0.0652. The Morgan fingerprint density at radius 1 is 0.617 bits per heavy atom. The van der Waals surface area contributed by atoms with Gasteiger partial charge in [0.05, 0.1) is 6.07 Å². The van der Waals surface area contributed by atoms with E-state index in [2.05, 4.69) is 165 Å². The Balaban J connectivity index is 1.38. The van der Waals surface area contributed by atoms with Crippen LogP contribution in [0.2, 0.25) is 0 Å². The molecule has 0 unspecified atom stereocenters. The molecule has 0 heterocycles. The molecular formula is C46H33N. The fourth-order valence-electron chi connectivity index (χ4n) is 7.76. The fourth-order valence-corrected chi connectivity index (χ4v) is 7.76. The second-order valence-electron chi connectivity index (χ2n) is 12.5. The zero-order valence-corrected chi connectivity index (χ0v) is 26.4. The van der Waals surface area contributed by atoms with Crippen LogP contribution in [-0.4, -0.2) is 0 Å². The van der Waals surface area contributed by atoms with Gasteiger partial charge < -0.3 is 0 Å². The first-order valence-electron chi connectivity index (χ1n) is 16.2. The first-order valence-corrected chi connectivity index (χ1v) is 16.2. The van der Waals surface area contributed by atoms with Crippen molar-refractivity contribution in [1.29, 1.82) is 5.26 Å². The zero-order chi connectivity index (χ0) is 32.0. The Bertz CT molecular complexity index is 2390. The Labute approximate surface area is 276 Å². The van der Waals surface area contributed by atoms with Crippen molar-refractivity contribution in [1.82, 2.24) is 0 Å². The number of fused-ring (bicyclic) bond motifs is 5. The van der Waals surface area contributed by atoms with E-state index in [1.165, 1.54) is 71.6 Å². The van der Waals surface area contributed by atoms with Gasteiger partial charge in [-0.05, 0) is 90.5 Å². The van der Waals surface area contributed by atoms with Crippen LogP contribution in [0.4, 0.5) is 0 Å². The number of nitrogens with zero attached hydrogens (tertiary/aromatic N) is 1. The van der Waals surface area contributed by atoms with Gasteiger partial charge in [-0.2, -0.15) is 5.26 Å². The Morgan fingerprint density at radius 2 is 1.23 bits per heavy atom. The van der Waals surface area contributed by atoms with Gasteiger partial charge in [-0.1, -0.05) is 164 Å². The Kier molecular flexibility index (Phi) is 6.93. The van der Waals surface area contributed by atoms with E-state index < -0.39 is 0 Å². The van der Waals surface area contributed by atoms with Crippen molar-refractivity contribution in [3.05, 3.63) is 192 Å². The molecule has 0 radical (unpaired) electrons. The molecule has 1 aliphatic rings. The van der Waals surface area contributed by atoms with Crippen LogP contribution in [-0.2, 0) is 11.8 Å². The van der Waals surface area contributed by atoms with Crippen LogP contribution in [0, 0.1) is 11.3 Å². The Morgan fingerprint density at radius 3 is 1.94 bits per heavy atom. The van der Waals surface area contributed by atoms with E-state index in [0.717, 1.165) is 5.56 Å². The molecule has 0 amide bonds. The highest BCUT2D eigenvalue weighted by molar-refractivity contribution is 6.11. The van der Waals surface area contributed by atoms with Crippen molar-refractivity contribution in [3.63, 3.8) is 0 Å². The van der Waals surface area contributed by atoms with Crippen molar-refractivity contribution in [2.45, 2.75) is 18.8 Å². The van der Waals surface area contributed by atoms with E-state index in [1.807, 2.05) is 6.08 Å². The highest BCUT2D eigenvalue weighted by atomic mass is 14.4. The van der Waals surface area contributed by atoms with Crippen molar-refractivity contribution in [2.75, 3.05) is 0 Å². The van der Waals surface area contributed by atoms with Crippen molar-refractivity contribution in [2.24, 2.45) is 0 Å². The molecule has 0 fully saturated rings. The van der Waals surface area contributed by atoms with Gasteiger partial charge in [0.1, 0.15) is 0 Å². The lowest BCUT2D eigenvalue weighted by atomic mass is 9.70. The minimum atomic E-state index is -0.331. The van der Waals surface area contributed by atoms with Crippen LogP contribution in [0.5, 0.6) is 0 Å². The minimum absolute atomic E-state index is 0.331. The molecule has 7 aromatic carbocycles. The summed E-state index contributed by atoms with van der Waals surface area (Å²) in [5.41, 5.74) is 13.0. The van der Waals surface area contributed by atoms with Gasteiger partial charge >= 0.3 is 0 Å². The van der Waals surface area contributed by atoms with Crippen LogP contribution in [0.25, 0.3) is 54.9 Å². The van der Waals surface area contributed by atoms with Crippen LogP contribution >= 0.6 is 0 Å². The summed E-state index contributed by atoms with van der Waals surface area (Å²) in [6.45, 7) is 6.17. The molecule has 8 rings (SSSR count). The van der Waals surface area contributed by atoms with Crippen molar-refractivity contribution >= 4 is 21.5 Å². The molecule has 47 heavy (non-hydrogen) atoms. The first-order chi connectivity index (χ1) is 23.1. The van der Waals surface area contributed by atoms with Crippen LogP contribution in [0.1, 0.15) is 29.2 Å². The number of hydrogen-bond acceptors (Lipinski definition) is 1. The van der Waals surface area contributed by atoms with Gasteiger partial charge in [0.15, 0.2) is 0 Å². The van der Waals surface area contributed by atoms with Crippen LogP contribution < -0.4 is 0 Å². The topological polar surface area (TPSA) is 23.8 Å². The first kappa shape index (κ1) is 28.5. The molecule has 0 aromatic heterocycles. The summed E-state index contributed by atoms with van der Waals surface area (Å²) in [7, 11) is 0. The largest absolute Gasteiger partial charge is 0.192 e. The maximum absolute atomic E-state index is 9.35. The third-order valence-electron chi connectivity index (χ3n) is 10.0. The summed E-state index contributed by atoms with van der Waals surface area (Å²) in [5, 5.41) is 14.3. The molecule has 0 saturated heterocycles. The van der Waals surface area contributed by atoms with Crippen LogP contribution in [0.15, 0.2) is 170 Å². The zero-order valence-electron chi connectivity index (χ0n) is 26.4. The number of benzene rings is 7. The SMILES string of the molecule is C=C/C(C#N)=C\Cc1cccc(-c2ccc(-c3c(C4(C)c5ccccc5-c5ccccc54)ccc4ccccc34)c3ccccc23)c1. The van der Waals surface area contributed by atoms with E-state index in [4.69, 9.17) is 0 Å². The maximum atomic E-state index is 9.35. The predicted octanol–water partition coefficient (Wildman–Crippen LogP) is 11.8. The van der Waals surface area contributed by atoms with Crippen molar-refractivity contribution in [3.8, 4) is 39.4 Å². The number of rotatable bonds is 6. The van der Waals surface area contributed by atoms with E-state index in [0.29, 0.717) is 12.0 Å². The lowest BCUT2D eigenvalue weighted by Gasteiger charge is -2.32. The van der Waals surface area contributed by atoms with Gasteiger partial charge in [0.25, 0.3) is 0 Å². The maximum Gasteiger partial charge on any atom is 0.0988 e. The van der Waals surface area contributed by atoms with Gasteiger partial charge in [0.2, 0.25) is 0 Å². The van der Waals surface area contributed by atoms with E-state index in [9.17, 15) is 5.26 Å². The molecule has 7 aromatic rings. The summed E-state index contributed by atoms with van der Waals surface area (Å²) in [4.78, 5) is 0. The smallest absolute Gasteiger partial charge is 0.0988 e. The highest BCUT2D eigenvalue weighted by Crippen LogP contribution is 2.55. The molecule has 1 aliphatic carbocycles. The lowest BCUT2D eigenvalue weighted by Crippen LogP contribution is -2.23. The van der Waals surface area contributed by atoms with Gasteiger partial charge in [-0.15, -0.1) is 0 Å². The minimum Gasteiger partial charge on any atom is -0.192 e. The number of nitriles is 1. The molecular weight excluding hydrogens is 567 g/mol.